The molecule has 0 bridgehead atoms. The van der Waals surface area contributed by atoms with Crippen molar-refractivity contribution in [2.24, 2.45) is 4.99 Å². The second-order valence-corrected chi connectivity index (χ2v) is 7.03. The van der Waals surface area contributed by atoms with Crippen LogP contribution in [-0.4, -0.2) is 28.3 Å². The van der Waals surface area contributed by atoms with Crippen LogP contribution in [0.1, 0.15) is 41.2 Å². The van der Waals surface area contributed by atoms with Gasteiger partial charge >= 0.3 is 0 Å². The maximum absolute atomic E-state index is 12.7. The number of aliphatic imine (C=N–C) groups is 1. The van der Waals surface area contributed by atoms with Crippen molar-refractivity contribution in [3.8, 4) is 5.75 Å². The second kappa shape index (κ2) is 10.4. The van der Waals surface area contributed by atoms with E-state index in [4.69, 9.17) is 4.74 Å². The molecule has 0 aliphatic rings. The van der Waals surface area contributed by atoms with E-state index < -0.39 is 0 Å². The molecule has 3 rings (SSSR count). The average molecular weight is 420 g/mol. The number of carbonyl (C=O) groups is 1. The van der Waals surface area contributed by atoms with E-state index >= 15 is 0 Å². The molecule has 1 heterocycles. The number of amides is 1. The third-order valence-corrected chi connectivity index (χ3v) is 4.92. The maximum Gasteiger partial charge on any atom is 0.257 e. The Balaban J connectivity index is 1.83. The summed E-state index contributed by atoms with van der Waals surface area (Å²) in [5.74, 6) is 0.939. The monoisotopic (exact) mass is 419 g/mol. The Kier molecular flexibility index (Phi) is 7.43. The molecule has 1 amide bonds. The molecule has 2 aromatic carbocycles. The van der Waals surface area contributed by atoms with Crippen LogP contribution >= 0.6 is 0 Å². The molecule has 0 aliphatic heterocycles. The normalized spacial score (nSPS) is 11.3. The molecule has 0 spiro atoms. The average Bonchev–Trinajstić information content (AvgIpc) is 3.06. The minimum absolute atomic E-state index is 0.226. The van der Waals surface area contributed by atoms with Crippen LogP contribution in [0.15, 0.2) is 59.6 Å². The number of rotatable bonds is 7. The Labute approximate surface area is 183 Å². The predicted octanol–water partition coefficient (Wildman–Crippen LogP) is 4.32. The number of aryl methyl sites for hydroxylation is 2. The molecule has 0 radical (unpaired) electrons. The van der Waals surface area contributed by atoms with Gasteiger partial charge in [0.1, 0.15) is 5.75 Å². The Morgan fingerprint density at radius 1 is 1.06 bits per heavy atom. The summed E-state index contributed by atoms with van der Waals surface area (Å²) in [6.45, 7) is 9.84. The first-order valence-electron chi connectivity index (χ1n) is 10.5. The summed E-state index contributed by atoms with van der Waals surface area (Å²) in [4.78, 5) is 17.4. The predicted molar refractivity (Wildman–Crippen MR) is 124 cm³/mol. The van der Waals surface area contributed by atoms with Crippen molar-refractivity contribution >= 4 is 17.6 Å². The number of carbonyl (C=O) groups excluding carboxylic acids is 1. The summed E-state index contributed by atoms with van der Waals surface area (Å²) in [6, 6.07) is 16.6. The lowest BCUT2D eigenvalue weighted by atomic mass is 10.2. The molecule has 162 valence electrons. The molecular weight excluding hydrogens is 390 g/mol. The van der Waals surface area contributed by atoms with Gasteiger partial charge in [0.15, 0.2) is 0 Å². The summed E-state index contributed by atoms with van der Waals surface area (Å²) >= 11 is 0. The van der Waals surface area contributed by atoms with Crippen LogP contribution < -0.4 is 15.4 Å². The molecule has 7 heteroatoms. The summed E-state index contributed by atoms with van der Waals surface area (Å²) < 4.78 is 7.46. The van der Waals surface area contributed by atoms with Gasteiger partial charge in [-0.2, -0.15) is 5.10 Å². The van der Waals surface area contributed by atoms with E-state index in [1.54, 1.807) is 12.1 Å². The second-order valence-electron chi connectivity index (χ2n) is 7.03. The SMILES string of the molecule is CCOc1ccc(NC(=NCc2c(C)nn(CC)c2C)NC(=O)c2ccccc2)cc1. The van der Waals surface area contributed by atoms with Crippen LogP contribution in [0.2, 0.25) is 0 Å². The summed E-state index contributed by atoms with van der Waals surface area (Å²) in [5, 5.41) is 10.7. The number of guanidine groups is 1. The fourth-order valence-corrected chi connectivity index (χ4v) is 3.25. The van der Waals surface area contributed by atoms with E-state index in [0.717, 1.165) is 34.9 Å². The first-order valence-corrected chi connectivity index (χ1v) is 10.5. The largest absolute Gasteiger partial charge is 0.494 e. The van der Waals surface area contributed by atoms with E-state index in [0.29, 0.717) is 24.7 Å². The highest BCUT2D eigenvalue weighted by atomic mass is 16.5. The Bertz CT molecular complexity index is 1040. The lowest BCUT2D eigenvalue weighted by Crippen LogP contribution is -2.36. The van der Waals surface area contributed by atoms with Gasteiger partial charge in [-0.25, -0.2) is 4.99 Å². The molecule has 3 aromatic rings. The first-order chi connectivity index (χ1) is 15.0. The van der Waals surface area contributed by atoms with Crippen LogP contribution in [0.3, 0.4) is 0 Å². The highest BCUT2D eigenvalue weighted by Crippen LogP contribution is 2.17. The maximum atomic E-state index is 12.7. The Morgan fingerprint density at radius 2 is 1.77 bits per heavy atom. The summed E-state index contributed by atoms with van der Waals surface area (Å²) in [5.41, 5.74) is 4.45. The van der Waals surface area contributed by atoms with Gasteiger partial charge in [0.25, 0.3) is 5.91 Å². The number of anilines is 1. The van der Waals surface area contributed by atoms with E-state index in [9.17, 15) is 4.79 Å². The highest BCUT2D eigenvalue weighted by molar-refractivity contribution is 6.09. The smallest absolute Gasteiger partial charge is 0.257 e. The number of nitrogens with zero attached hydrogens (tertiary/aromatic N) is 3. The van der Waals surface area contributed by atoms with Gasteiger partial charge in [-0.1, -0.05) is 18.2 Å². The van der Waals surface area contributed by atoms with Crippen molar-refractivity contribution in [1.82, 2.24) is 15.1 Å². The van der Waals surface area contributed by atoms with Crippen molar-refractivity contribution in [2.45, 2.75) is 40.8 Å². The van der Waals surface area contributed by atoms with Gasteiger partial charge in [0.05, 0.1) is 18.8 Å². The van der Waals surface area contributed by atoms with Crippen molar-refractivity contribution in [2.75, 3.05) is 11.9 Å². The molecule has 0 aliphatic carbocycles. The van der Waals surface area contributed by atoms with Crippen molar-refractivity contribution < 1.29 is 9.53 Å². The third-order valence-electron chi connectivity index (χ3n) is 4.92. The molecule has 0 unspecified atom stereocenters. The van der Waals surface area contributed by atoms with Gasteiger partial charge in [-0.05, 0) is 64.1 Å². The Hall–Kier alpha value is -3.61. The number of hydrogen-bond donors (Lipinski definition) is 2. The van der Waals surface area contributed by atoms with Crippen LogP contribution in [0.25, 0.3) is 0 Å². The van der Waals surface area contributed by atoms with Crippen molar-refractivity contribution in [3.05, 3.63) is 77.1 Å². The van der Waals surface area contributed by atoms with E-state index in [1.807, 2.05) is 67.9 Å². The molecule has 0 fully saturated rings. The fraction of sp³-hybridized carbons (Fsp3) is 0.292. The molecule has 31 heavy (non-hydrogen) atoms. The van der Waals surface area contributed by atoms with Crippen molar-refractivity contribution in [3.63, 3.8) is 0 Å². The molecule has 1 aromatic heterocycles. The molecule has 0 atom stereocenters. The zero-order chi connectivity index (χ0) is 22.2. The van der Waals surface area contributed by atoms with Crippen molar-refractivity contribution in [1.29, 1.82) is 0 Å². The Morgan fingerprint density at radius 3 is 2.39 bits per heavy atom. The molecular formula is C24H29N5O2. The van der Waals surface area contributed by atoms with Crippen LogP contribution in [0.4, 0.5) is 5.69 Å². The minimum Gasteiger partial charge on any atom is -0.494 e. The number of hydrogen-bond acceptors (Lipinski definition) is 4. The number of aromatic nitrogens is 2. The lowest BCUT2D eigenvalue weighted by molar-refractivity contribution is 0.0977. The van der Waals surface area contributed by atoms with E-state index in [1.165, 1.54) is 0 Å². The van der Waals surface area contributed by atoms with E-state index in [-0.39, 0.29) is 5.91 Å². The topological polar surface area (TPSA) is 80.5 Å². The summed E-state index contributed by atoms with van der Waals surface area (Å²) in [7, 11) is 0. The van der Waals surface area contributed by atoms with Gasteiger partial charge in [-0.3, -0.25) is 14.8 Å². The van der Waals surface area contributed by atoms with Gasteiger partial charge < -0.3 is 10.1 Å². The van der Waals surface area contributed by atoms with Crippen LogP contribution in [0, 0.1) is 13.8 Å². The molecule has 2 N–H and O–H groups in total. The number of nitrogens with one attached hydrogen (secondary N) is 2. The zero-order valence-corrected chi connectivity index (χ0v) is 18.5. The van der Waals surface area contributed by atoms with Gasteiger partial charge in [-0.15, -0.1) is 0 Å². The number of ether oxygens (including phenoxy) is 1. The van der Waals surface area contributed by atoms with Gasteiger partial charge in [0, 0.05) is 29.1 Å². The van der Waals surface area contributed by atoms with Gasteiger partial charge in [0.2, 0.25) is 5.96 Å². The molecule has 0 saturated carbocycles. The molecule has 0 saturated heterocycles. The van der Waals surface area contributed by atoms with Crippen LogP contribution in [0.5, 0.6) is 5.75 Å². The number of benzene rings is 2. The quantitative estimate of drug-likeness (QED) is 0.442. The highest BCUT2D eigenvalue weighted by Gasteiger charge is 2.13. The standard InChI is InChI=1S/C24H29N5O2/c1-5-29-18(4)22(17(3)28-29)16-25-24(27-23(30)19-10-8-7-9-11-19)26-20-12-14-21(15-13-20)31-6-2/h7-15H,5-6,16H2,1-4H3,(H2,25,26,27,30). The molecule has 7 nitrogen and oxygen atoms in total. The lowest BCUT2D eigenvalue weighted by Gasteiger charge is -2.13. The minimum atomic E-state index is -0.226. The first kappa shape index (κ1) is 22.1. The van der Waals surface area contributed by atoms with Crippen LogP contribution in [-0.2, 0) is 13.1 Å². The zero-order valence-electron chi connectivity index (χ0n) is 18.5. The fourth-order valence-electron chi connectivity index (χ4n) is 3.25. The van der Waals surface area contributed by atoms with E-state index in [2.05, 4.69) is 27.6 Å². The third kappa shape index (κ3) is 5.72. The summed E-state index contributed by atoms with van der Waals surface area (Å²) in [6.07, 6.45) is 0.